The largest absolute Gasteiger partial charge is 0.390 e. The molecule has 6 nitrogen and oxygen atoms in total. The van der Waals surface area contributed by atoms with E-state index in [9.17, 15) is 9.59 Å². The van der Waals surface area contributed by atoms with Gasteiger partial charge in [0, 0.05) is 31.7 Å². The number of carbonyl (C=O) groups is 2. The summed E-state index contributed by atoms with van der Waals surface area (Å²) in [5.41, 5.74) is 0.0212. The summed E-state index contributed by atoms with van der Waals surface area (Å²) in [5, 5.41) is 16.7. The van der Waals surface area contributed by atoms with Gasteiger partial charge in [0.2, 0.25) is 6.41 Å². The Hall–Kier alpha value is -1.74. The summed E-state index contributed by atoms with van der Waals surface area (Å²) in [6.45, 7) is 1.57. The molecule has 0 fully saturated rings. The Morgan fingerprint density at radius 3 is 2.56 bits per heavy atom. The molecule has 0 aliphatic rings. The van der Waals surface area contributed by atoms with Gasteiger partial charge in [0.15, 0.2) is 0 Å². The van der Waals surface area contributed by atoms with Gasteiger partial charge in [-0.25, -0.2) is 0 Å². The normalized spacial score (nSPS) is 10.3. The number of hydrogen-bond acceptors (Lipinski definition) is 4. The molecule has 0 saturated carbocycles. The number of nitrogens with one attached hydrogen (secondary N) is 3. The van der Waals surface area contributed by atoms with Crippen LogP contribution in [-0.2, 0) is 9.59 Å². The third-order valence-electron chi connectivity index (χ3n) is 1.93. The molecule has 3 N–H and O–H groups in total. The van der Waals surface area contributed by atoms with Crippen molar-refractivity contribution in [1.29, 1.82) is 5.26 Å². The summed E-state index contributed by atoms with van der Waals surface area (Å²) in [4.78, 5) is 21.4. The summed E-state index contributed by atoms with van der Waals surface area (Å²) in [6.07, 6.45) is 3.37. The maximum atomic E-state index is 11.5. The molecule has 0 aromatic heterocycles. The van der Waals surface area contributed by atoms with Gasteiger partial charge in [-0.15, -0.1) is 11.6 Å². The van der Waals surface area contributed by atoms with Crippen LogP contribution in [0.25, 0.3) is 0 Å². The molecule has 0 aliphatic heterocycles. The number of nitrogens with zero attached hydrogens (tertiary/aromatic N) is 1. The molecule has 0 aliphatic carbocycles. The highest BCUT2D eigenvalue weighted by atomic mass is 35.5. The third-order valence-corrected chi connectivity index (χ3v) is 2.20. The van der Waals surface area contributed by atoms with Crippen molar-refractivity contribution in [3.63, 3.8) is 0 Å². The van der Waals surface area contributed by atoms with Crippen molar-refractivity contribution in [2.75, 3.05) is 25.5 Å². The molecule has 0 bridgehead atoms. The highest BCUT2D eigenvalue weighted by molar-refractivity contribution is 6.17. The van der Waals surface area contributed by atoms with Gasteiger partial charge in [0.25, 0.3) is 5.91 Å². The lowest BCUT2D eigenvalue weighted by atomic mass is 10.3. The fraction of sp³-hybridized carbons (Fsp3) is 0.545. The second-order valence-corrected chi connectivity index (χ2v) is 3.73. The van der Waals surface area contributed by atoms with Crippen LogP contribution in [0.2, 0.25) is 0 Å². The Bertz CT molecular complexity index is 325. The molecule has 0 atom stereocenters. The zero-order valence-corrected chi connectivity index (χ0v) is 10.8. The first-order valence-corrected chi connectivity index (χ1v) is 6.14. The summed E-state index contributed by atoms with van der Waals surface area (Å²) in [5.74, 6) is 0.0505. The maximum Gasteiger partial charge on any atom is 0.263 e. The minimum atomic E-state index is -0.416. The van der Waals surface area contributed by atoms with Crippen molar-refractivity contribution in [2.24, 2.45) is 0 Å². The smallest absolute Gasteiger partial charge is 0.263 e. The summed E-state index contributed by atoms with van der Waals surface area (Å²) >= 11 is 5.47. The van der Waals surface area contributed by atoms with E-state index < -0.39 is 5.91 Å². The van der Waals surface area contributed by atoms with Gasteiger partial charge in [-0.1, -0.05) is 0 Å². The van der Waals surface area contributed by atoms with E-state index in [2.05, 4.69) is 16.0 Å². The number of nitriles is 1. The van der Waals surface area contributed by atoms with Gasteiger partial charge in [0.05, 0.1) is 0 Å². The Morgan fingerprint density at radius 2 is 1.94 bits per heavy atom. The van der Waals surface area contributed by atoms with Crippen LogP contribution in [0.1, 0.15) is 12.8 Å². The molecular weight excluding hydrogens is 256 g/mol. The number of carbonyl (C=O) groups excluding carboxylic acids is 2. The molecule has 0 aromatic carbocycles. The quantitative estimate of drug-likeness (QED) is 0.170. The Balaban J connectivity index is 3.88. The third kappa shape index (κ3) is 8.42. The number of halogens is 1. The molecule has 0 rings (SSSR count). The second kappa shape index (κ2) is 11.7. The minimum Gasteiger partial charge on any atom is -0.390 e. The number of amides is 2. The van der Waals surface area contributed by atoms with Crippen LogP contribution < -0.4 is 16.0 Å². The molecule has 0 unspecified atom stereocenters. The average molecular weight is 273 g/mol. The Morgan fingerprint density at radius 1 is 1.22 bits per heavy atom. The average Bonchev–Trinajstić information content (AvgIpc) is 2.38. The fourth-order valence-electron chi connectivity index (χ4n) is 1.04. The molecule has 0 saturated heterocycles. The van der Waals surface area contributed by atoms with E-state index >= 15 is 0 Å². The summed E-state index contributed by atoms with van der Waals surface area (Å²) in [7, 11) is 0. The molecule has 0 radical (unpaired) electrons. The highest BCUT2D eigenvalue weighted by Crippen LogP contribution is 1.91. The van der Waals surface area contributed by atoms with Crippen molar-refractivity contribution < 1.29 is 9.59 Å². The topological polar surface area (TPSA) is 94.0 Å². The number of rotatable bonds is 10. The predicted octanol–water partition coefficient (Wildman–Crippen LogP) is -0.135. The van der Waals surface area contributed by atoms with Crippen molar-refractivity contribution in [1.82, 2.24) is 16.0 Å². The second-order valence-electron chi connectivity index (χ2n) is 3.35. The lowest BCUT2D eigenvalue weighted by Crippen LogP contribution is -2.27. The number of hydrogen-bond donors (Lipinski definition) is 3. The van der Waals surface area contributed by atoms with Crippen LogP contribution >= 0.6 is 11.6 Å². The molecule has 0 heterocycles. The van der Waals surface area contributed by atoms with Crippen molar-refractivity contribution >= 4 is 23.9 Å². The summed E-state index contributed by atoms with van der Waals surface area (Å²) in [6, 6.07) is 1.81. The zero-order valence-electron chi connectivity index (χ0n) is 10.0. The van der Waals surface area contributed by atoms with Crippen LogP contribution in [0.5, 0.6) is 0 Å². The standard InChI is InChI=1S/C11H17ClN4O2/c12-3-1-6-16-11(18)10(7-13)8-14-4-2-5-15-9-17/h8-9,14H,1-6H2,(H,15,17)(H,16,18)/b10-8-. The van der Waals surface area contributed by atoms with Crippen LogP contribution in [0.3, 0.4) is 0 Å². The molecule has 18 heavy (non-hydrogen) atoms. The zero-order chi connectivity index (χ0) is 13.6. The van der Waals surface area contributed by atoms with Gasteiger partial charge in [-0.05, 0) is 12.8 Å². The maximum absolute atomic E-state index is 11.5. The summed E-state index contributed by atoms with van der Waals surface area (Å²) < 4.78 is 0. The van der Waals surface area contributed by atoms with Crippen molar-refractivity contribution in [3.8, 4) is 6.07 Å². The molecule has 0 aromatic rings. The van der Waals surface area contributed by atoms with Gasteiger partial charge < -0.3 is 16.0 Å². The lowest BCUT2D eigenvalue weighted by Gasteiger charge is -2.04. The van der Waals surface area contributed by atoms with Gasteiger partial charge in [0.1, 0.15) is 11.6 Å². The van der Waals surface area contributed by atoms with Gasteiger partial charge in [-0.3, -0.25) is 9.59 Å². The predicted molar refractivity (Wildman–Crippen MR) is 68.7 cm³/mol. The van der Waals surface area contributed by atoms with Crippen molar-refractivity contribution in [2.45, 2.75) is 12.8 Å². The molecule has 0 spiro atoms. The van der Waals surface area contributed by atoms with E-state index in [1.807, 2.05) is 6.07 Å². The van der Waals surface area contributed by atoms with E-state index in [-0.39, 0.29) is 5.57 Å². The molecular formula is C11H17ClN4O2. The first-order valence-electron chi connectivity index (χ1n) is 5.61. The SMILES string of the molecule is N#C/C(=C/NCCCNC=O)C(=O)NCCCCl. The van der Waals surface area contributed by atoms with E-state index in [0.29, 0.717) is 44.8 Å². The Labute approximate surface area is 111 Å². The van der Waals surface area contributed by atoms with E-state index in [0.717, 1.165) is 0 Å². The van der Waals surface area contributed by atoms with E-state index in [1.165, 1.54) is 6.20 Å². The monoisotopic (exact) mass is 272 g/mol. The van der Waals surface area contributed by atoms with Crippen LogP contribution in [0, 0.1) is 11.3 Å². The van der Waals surface area contributed by atoms with Crippen LogP contribution in [-0.4, -0.2) is 37.8 Å². The molecule has 2 amide bonds. The van der Waals surface area contributed by atoms with E-state index in [4.69, 9.17) is 16.9 Å². The fourth-order valence-corrected chi connectivity index (χ4v) is 1.17. The van der Waals surface area contributed by atoms with Gasteiger partial charge >= 0.3 is 0 Å². The molecule has 7 heteroatoms. The number of alkyl halides is 1. The first kappa shape index (κ1) is 16.3. The lowest BCUT2D eigenvalue weighted by molar-refractivity contribution is -0.117. The molecule has 100 valence electrons. The van der Waals surface area contributed by atoms with Crippen LogP contribution in [0.4, 0.5) is 0 Å². The first-order chi connectivity index (χ1) is 8.76. The van der Waals surface area contributed by atoms with E-state index in [1.54, 1.807) is 0 Å². The van der Waals surface area contributed by atoms with Gasteiger partial charge in [-0.2, -0.15) is 5.26 Å². The van der Waals surface area contributed by atoms with Crippen LogP contribution in [0.15, 0.2) is 11.8 Å². The van der Waals surface area contributed by atoms with Crippen molar-refractivity contribution in [3.05, 3.63) is 11.8 Å². The minimum absolute atomic E-state index is 0.0212. The Kier molecular flexibility index (Phi) is 10.6. The highest BCUT2D eigenvalue weighted by Gasteiger charge is 2.06.